The number of pyridine rings is 1. The van der Waals surface area contributed by atoms with Gasteiger partial charge in [-0.25, -0.2) is 13.4 Å². The van der Waals surface area contributed by atoms with Crippen molar-refractivity contribution in [1.29, 1.82) is 0 Å². The molecule has 12 heteroatoms. The summed E-state index contributed by atoms with van der Waals surface area (Å²) in [7, 11) is -3.78. The van der Waals surface area contributed by atoms with Gasteiger partial charge in [-0.15, -0.1) is 0 Å². The lowest BCUT2D eigenvalue weighted by Gasteiger charge is -2.33. The number of hydrogen-bond donors (Lipinski definition) is 1. The van der Waals surface area contributed by atoms with Crippen molar-refractivity contribution in [1.82, 2.24) is 19.2 Å². The van der Waals surface area contributed by atoms with E-state index in [9.17, 15) is 26.4 Å². The quantitative estimate of drug-likeness (QED) is 0.621. The number of piperazine rings is 1. The fraction of sp³-hybridized carbons (Fsp3) is 0.300. The molecule has 8 nitrogen and oxygen atoms in total. The Morgan fingerprint density at radius 2 is 1.88 bits per heavy atom. The second-order valence-electron chi connectivity index (χ2n) is 7.15. The minimum Gasteiger partial charge on any atom is -0.484 e. The highest BCUT2D eigenvalue weighted by molar-refractivity contribution is 7.89. The van der Waals surface area contributed by atoms with E-state index in [-0.39, 0.29) is 36.8 Å². The van der Waals surface area contributed by atoms with Crippen molar-refractivity contribution in [2.75, 3.05) is 32.8 Å². The molecule has 1 aliphatic heterocycles. The summed E-state index contributed by atoms with van der Waals surface area (Å²) in [5.41, 5.74) is -0.402. The summed E-state index contributed by atoms with van der Waals surface area (Å²) in [6.07, 6.45) is -1.56. The fourth-order valence-corrected chi connectivity index (χ4v) is 5.03. The van der Waals surface area contributed by atoms with E-state index >= 15 is 0 Å². The SMILES string of the molecule is O=C(COc1cccc(C(F)(F)F)c1)N1CCN(S(=O)(=O)c2c[nH]c3ncccc23)CC1. The Morgan fingerprint density at radius 3 is 2.59 bits per heavy atom. The zero-order valence-corrected chi connectivity index (χ0v) is 17.5. The van der Waals surface area contributed by atoms with Crippen molar-refractivity contribution in [3.8, 4) is 5.75 Å². The predicted molar refractivity (Wildman–Crippen MR) is 108 cm³/mol. The van der Waals surface area contributed by atoms with E-state index in [2.05, 4.69) is 9.97 Å². The Balaban J connectivity index is 1.36. The Labute approximate surface area is 181 Å². The number of H-pyrrole nitrogens is 1. The topological polar surface area (TPSA) is 95.6 Å². The number of carbonyl (C=O) groups excluding carboxylic acids is 1. The largest absolute Gasteiger partial charge is 0.484 e. The van der Waals surface area contributed by atoms with Gasteiger partial charge in [-0.3, -0.25) is 4.79 Å². The summed E-state index contributed by atoms with van der Waals surface area (Å²) in [5, 5.41) is 0.487. The number of rotatable bonds is 5. The molecular weight excluding hydrogens is 449 g/mol. The number of aromatic amines is 1. The number of benzene rings is 1. The molecular formula is C20H19F3N4O4S. The smallest absolute Gasteiger partial charge is 0.416 e. The first kappa shape index (κ1) is 22.1. The Bertz CT molecular complexity index is 1230. The number of alkyl halides is 3. The van der Waals surface area contributed by atoms with Gasteiger partial charge in [0.05, 0.1) is 5.56 Å². The van der Waals surface area contributed by atoms with Crippen LogP contribution in [-0.2, 0) is 21.0 Å². The maximum absolute atomic E-state index is 13.0. The first-order chi connectivity index (χ1) is 15.2. The highest BCUT2D eigenvalue weighted by Gasteiger charge is 2.33. The van der Waals surface area contributed by atoms with Crippen LogP contribution in [0.5, 0.6) is 5.75 Å². The van der Waals surface area contributed by atoms with Crippen LogP contribution in [0.4, 0.5) is 13.2 Å². The lowest BCUT2D eigenvalue weighted by molar-refractivity contribution is -0.137. The van der Waals surface area contributed by atoms with Crippen molar-refractivity contribution in [3.63, 3.8) is 0 Å². The standard InChI is InChI=1S/C20H19F3N4O4S/c21-20(22,23)14-3-1-4-15(11-14)31-13-18(28)26-7-9-27(10-8-26)32(29,30)17-12-25-19-16(17)5-2-6-24-19/h1-6,11-12H,7-10,13H2,(H,24,25). The maximum atomic E-state index is 13.0. The number of carbonyl (C=O) groups is 1. The molecule has 2 aromatic heterocycles. The summed E-state index contributed by atoms with van der Waals surface area (Å²) >= 11 is 0. The third-order valence-corrected chi connectivity index (χ3v) is 7.08. The van der Waals surface area contributed by atoms with Crippen LogP contribution in [0.1, 0.15) is 5.56 Å². The zero-order chi connectivity index (χ0) is 22.9. The first-order valence-electron chi connectivity index (χ1n) is 9.66. The van der Waals surface area contributed by atoms with E-state index in [1.807, 2.05) is 0 Å². The van der Waals surface area contributed by atoms with Crippen molar-refractivity contribution < 1.29 is 31.1 Å². The molecule has 1 N–H and O–H groups in total. The van der Waals surface area contributed by atoms with Gasteiger partial charge in [0.15, 0.2) is 6.61 Å². The van der Waals surface area contributed by atoms with Gasteiger partial charge in [-0.2, -0.15) is 17.5 Å². The van der Waals surface area contributed by atoms with E-state index in [0.29, 0.717) is 11.0 Å². The fourth-order valence-electron chi connectivity index (χ4n) is 3.46. The van der Waals surface area contributed by atoms with Gasteiger partial charge in [0, 0.05) is 44.0 Å². The third-order valence-electron chi connectivity index (χ3n) is 5.15. The lowest BCUT2D eigenvalue weighted by Crippen LogP contribution is -2.51. The molecule has 1 aliphatic rings. The zero-order valence-electron chi connectivity index (χ0n) is 16.7. The van der Waals surface area contributed by atoms with Crippen LogP contribution in [0.3, 0.4) is 0 Å². The Hall–Kier alpha value is -3.12. The molecule has 0 radical (unpaired) electrons. The predicted octanol–water partition coefficient (Wildman–Crippen LogP) is 2.49. The third kappa shape index (κ3) is 4.41. The van der Waals surface area contributed by atoms with Crippen molar-refractivity contribution in [3.05, 3.63) is 54.4 Å². The van der Waals surface area contributed by atoms with Gasteiger partial charge in [0.2, 0.25) is 10.0 Å². The van der Waals surface area contributed by atoms with E-state index in [0.717, 1.165) is 12.1 Å². The molecule has 1 aromatic carbocycles. The normalized spacial score (nSPS) is 15.8. The van der Waals surface area contributed by atoms with E-state index < -0.39 is 34.3 Å². The number of ether oxygens (including phenoxy) is 1. The van der Waals surface area contributed by atoms with Crippen LogP contribution in [0, 0.1) is 0 Å². The van der Waals surface area contributed by atoms with Gasteiger partial charge < -0.3 is 14.6 Å². The van der Waals surface area contributed by atoms with Crippen LogP contribution in [0.2, 0.25) is 0 Å². The summed E-state index contributed by atoms with van der Waals surface area (Å²) in [4.78, 5) is 20.9. The minimum absolute atomic E-state index is 0.0673. The molecule has 0 atom stereocenters. The van der Waals surface area contributed by atoms with Crippen LogP contribution >= 0.6 is 0 Å². The molecule has 4 rings (SSSR count). The number of hydrogen-bond acceptors (Lipinski definition) is 5. The van der Waals surface area contributed by atoms with E-state index in [4.69, 9.17) is 4.74 Å². The minimum atomic E-state index is -4.51. The van der Waals surface area contributed by atoms with Crippen molar-refractivity contribution >= 4 is 27.0 Å². The Morgan fingerprint density at radius 1 is 1.12 bits per heavy atom. The molecule has 1 amide bonds. The van der Waals surface area contributed by atoms with Crippen LogP contribution in [0.25, 0.3) is 11.0 Å². The molecule has 3 heterocycles. The highest BCUT2D eigenvalue weighted by Crippen LogP contribution is 2.31. The van der Waals surface area contributed by atoms with Crippen molar-refractivity contribution in [2.24, 2.45) is 0 Å². The molecule has 1 fully saturated rings. The number of amides is 1. The number of halogens is 3. The number of sulfonamides is 1. The molecule has 1 saturated heterocycles. The average molecular weight is 468 g/mol. The van der Waals surface area contributed by atoms with Crippen LogP contribution in [0.15, 0.2) is 53.7 Å². The molecule has 3 aromatic rings. The lowest BCUT2D eigenvalue weighted by atomic mass is 10.2. The number of nitrogens with zero attached hydrogens (tertiary/aromatic N) is 3. The van der Waals surface area contributed by atoms with Crippen LogP contribution in [-0.4, -0.2) is 66.3 Å². The monoisotopic (exact) mass is 468 g/mol. The summed E-state index contributed by atoms with van der Waals surface area (Å²) < 4.78 is 70.9. The summed E-state index contributed by atoms with van der Waals surface area (Å²) in [6.45, 7) is 0.0204. The summed E-state index contributed by atoms with van der Waals surface area (Å²) in [6, 6.07) is 7.59. The van der Waals surface area contributed by atoms with Gasteiger partial charge >= 0.3 is 6.18 Å². The second-order valence-corrected chi connectivity index (χ2v) is 9.06. The number of aromatic nitrogens is 2. The number of fused-ring (bicyclic) bond motifs is 1. The van der Waals surface area contributed by atoms with Gasteiger partial charge in [-0.05, 0) is 30.3 Å². The van der Waals surface area contributed by atoms with Crippen LogP contribution < -0.4 is 4.74 Å². The maximum Gasteiger partial charge on any atom is 0.416 e. The molecule has 0 unspecified atom stereocenters. The molecule has 0 bridgehead atoms. The van der Waals surface area contributed by atoms with Gasteiger partial charge in [0.1, 0.15) is 16.3 Å². The molecule has 0 saturated carbocycles. The molecule has 0 aliphatic carbocycles. The first-order valence-corrected chi connectivity index (χ1v) is 11.1. The molecule has 0 spiro atoms. The second kappa shape index (κ2) is 8.43. The highest BCUT2D eigenvalue weighted by atomic mass is 32.2. The Kier molecular flexibility index (Phi) is 5.82. The average Bonchev–Trinajstić information content (AvgIpc) is 3.22. The number of nitrogens with one attached hydrogen (secondary N) is 1. The van der Waals surface area contributed by atoms with E-state index in [1.54, 1.807) is 18.3 Å². The van der Waals surface area contributed by atoms with Gasteiger partial charge in [-0.1, -0.05) is 6.07 Å². The van der Waals surface area contributed by atoms with Gasteiger partial charge in [0.25, 0.3) is 5.91 Å². The molecule has 32 heavy (non-hydrogen) atoms. The molecule has 170 valence electrons. The summed E-state index contributed by atoms with van der Waals surface area (Å²) in [5.74, 6) is -0.502. The van der Waals surface area contributed by atoms with Crippen molar-refractivity contribution in [2.45, 2.75) is 11.1 Å². The van der Waals surface area contributed by atoms with E-state index in [1.165, 1.54) is 27.5 Å².